The van der Waals surface area contributed by atoms with E-state index in [1.807, 2.05) is 48.5 Å². The molecule has 0 unspecified atom stereocenters. The van der Waals surface area contributed by atoms with Crippen LogP contribution in [0.5, 0.6) is 0 Å². The van der Waals surface area contributed by atoms with E-state index in [2.05, 4.69) is 21.8 Å². The molecule has 5 aromatic rings. The summed E-state index contributed by atoms with van der Waals surface area (Å²) in [6, 6.07) is 23.3. The van der Waals surface area contributed by atoms with E-state index in [0.717, 1.165) is 43.1 Å². The van der Waals surface area contributed by atoms with Crippen LogP contribution in [-0.4, -0.2) is 0 Å². The lowest BCUT2D eigenvalue weighted by Crippen LogP contribution is -1.88. The molecule has 0 spiro atoms. The van der Waals surface area contributed by atoms with Crippen LogP contribution in [0.1, 0.15) is 11.1 Å². The molecule has 134 valence electrons. The lowest BCUT2D eigenvalue weighted by Gasteiger charge is -2.12. The van der Waals surface area contributed by atoms with Gasteiger partial charge < -0.3 is 0 Å². The molecule has 0 radical (unpaired) electrons. The van der Waals surface area contributed by atoms with Crippen molar-refractivity contribution in [2.75, 3.05) is 0 Å². The zero-order valence-corrected chi connectivity index (χ0v) is 15.6. The lowest BCUT2D eigenvalue weighted by atomic mass is 9.91. The Kier molecular flexibility index (Phi) is 3.63. The molecule has 4 nitrogen and oxygen atoms in total. The lowest BCUT2D eigenvalue weighted by molar-refractivity contribution is 1.45. The fourth-order valence-corrected chi connectivity index (χ4v) is 4.25. The van der Waals surface area contributed by atoms with Gasteiger partial charge in [0.15, 0.2) is 5.69 Å². The smallest absolute Gasteiger partial charge is 0.202 e. The van der Waals surface area contributed by atoms with Crippen molar-refractivity contribution in [3.63, 3.8) is 0 Å². The molecular formula is C26H10N4. The number of hydrogen-bond donors (Lipinski definition) is 0. The Labute approximate surface area is 172 Å². The highest BCUT2D eigenvalue weighted by molar-refractivity contribution is 6.24. The summed E-state index contributed by atoms with van der Waals surface area (Å²) in [5.74, 6) is 0. The van der Waals surface area contributed by atoms with Gasteiger partial charge in [0.2, 0.25) is 5.69 Å². The summed E-state index contributed by atoms with van der Waals surface area (Å²) in [7, 11) is 0. The summed E-state index contributed by atoms with van der Waals surface area (Å²) < 4.78 is 0. The Morgan fingerprint density at radius 3 is 1.53 bits per heavy atom. The molecule has 0 aliphatic rings. The van der Waals surface area contributed by atoms with Gasteiger partial charge in [-0.15, -0.1) is 0 Å². The molecule has 0 saturated heterocycles. The first-order valence-corrected chi connectivity index (χ1v) is 9.15. The van der Waals surface area contributed by atoms with Crippen LogP contribution in [0.25, 0.3) is 52.8 Å². The SMILES string of the molecule is [C-]#[N+]c1ccc2c(ccc3c2ccc2c4ccc(C#N)c(C#N)c4ccc23)c1[N+]#[C-]. The van der Waals surface area contributed by atoms with Gasteiger partial charge in [-0.2, -0.15) is 10.5 Å². The van der Waals surface area contributed by atoms with Gasteiger partial charge in [-0.3, -0.25) is 4.85 Å². The third-order valence-corrected chi connectivity index (χ3v) is 5.61. The van der Waals surface area contributed by atoms with Gasteiger partial charge in [0.1, 0.15) is 12.1 Å². The van der Waals surface area contributed by atoms with Gasteiger partial charge in [0, 0.05) is 5.39 Å². The molecule has 0 fully saturated rings. The molecule has 0 aliphatic carbocycles. The number of nitrogens with zero attached hydrogens (tertiary/aromatic N) is 4. The summed E-state index contributed by atoms with van der Waals surface area (Å²) in [5, 5.41) is 26.3. The first kappa shape index (κ1) is 17.2. The highest BCUT2D eigenvalue weighted by atomic mass is 14.8. The van der Waals surface area contributed by atoms with Crippen molar-refractivity contribution >= 4 is 54.5 Å². The summed E-state index contributed by atoms with van der Waals surface area (Å²) in [6.07, 6.45) is 0. The van der Waals surface area contributed by atoms with Crippen molar-refractivity contribution in [1.82, 2.24) is 0 Å². The van der Waals surface area contributed by atoms with E-state index in [1.165, 1.54) is 0 Å². The number of nitriles is 2. The predicted octanol–water partition coefficient (Wildman–Crippen LogP) is 7.14. The van der Waals surface area contributed by atoms with Crippen molar-refractivity contribution in [1.29, 1.82) is 10.5 Å². The fourth-order valence-electron chi connectivity index (χ4n) is 4.25. The second-order valence-electron chi connectivity index (χ2n) is 6.95. The molecule has 0 atom stereocenters. The second kappa shape index (κ2) is 6.32. The van der Waals surface area contributed by atoms with E-state index >= 15 is 0 Å². The largest absolute Gasteiger partial charge is 0.250 e. The Hall–Kier alpha value is -4.90. The number of hydrogen-bond acceptors (Lipinski definition) is 2. The number of rotatable bonds is 0. The molecule has 0 amide bonds. The standard InChI is InChI=1S/C26H10N4/c1-29-25-12-11-21-20-6-5-17-16-4-3-15(13-27)24(14-28)22(16)8-7-18(17)19(20)9-10-23(21)26(25)30-2/h3-12H. The van der Waals surface area contributed by atoms with E-state index in [1.54, 1.807) is 12.1 Å². The number of benzene rings is 5. The zero-order chi connectivity index (χ0) is 20.8. The van der Waals surface area contributed by atoms with Crippen molar-refractivity contribution in [2.24, 2.45) is 0 Å². The zero-order valence-electron chi connectivity index (χ0n) is 15.6. The van der Waals surface area contributed by atoms with Crippen LogP contribution in [0.15, 0.2) is 60.7 Å². The minimum absolute atomic E-state index is 0.362. The van der Waals surface area contributed by atoms with E-state index in [4.69, 9.17) is 13.1 Å². The summed E-state index contributed by atoms with van der Waals surface area (Å²) in [5.41, 5.74) is 1.51. The third-order valence-electron chi connectivity index (χ3n) is 5.61. The molecule has 0 heterocycles. The average Bonchev–Trinajstić information content (AvgIpc) is 2.81. The van der Waals surface area contributed by atoms with Gasteiger partial charge in [-0.1, -0.05) is 54.6 Å². The minimum Gasteiger partial charge on any atom is -0.250 e. The van der Waals surface area contributed by atoms with Gasteiger partial charge >= 0.3 is 0 Å². The molecule has 0 aromatic heterocycles. The van der Waals surface area contributed by atoms with Crippen LogP contribution in [0.3, 0.4) is 0 Å². The maximum atomic E-state index is 9.56. The first-order chi connectivity index (χ1) is 14.7. The van der Waals surface area contributed by atoms with Crippen molar-refractivity contribution in [3.05, 3.63) is 94.6 Å². The third kappa shape index (κ3) is 2.17. The normalized spacial score (nSPS) is 10.5. The van der Waals surface area contributed by atoms with E-state index in [0.29, 0.717) is 22.5 Å². The average molecular weight is 378 g/mol. The van der Waals surface area contributed by atoms with Crippen LogP contribution in [0, 0.1) is 35.8 Å². The van der Waals surface area contributed by atoms with Gasteiger partial charge in [-0.25, -0.2) is 4.85 Å². The quantitative estimate of drug-likeness (QED) is 0.212. The molecule has 0 aliphatic heterocycles. The van der Waals surface area contributed by atoms with Crippen LogP contribution in [0.2, 0.25) is 0 Å². The van der Waals surface area contributed by atoms with Crippen LogP contribution < -0.4 is 0 Å². The Balaban J connectivity index is 1.94. The molecule has 0 bridgehead atoms. The van der Waals surface area contributed by atoms with Crippen LogP contribution >= 0.6 is 0 Å². The fraction of sp³-hybridized carbons (Fsp3) is 0. The predicted molar refractivity (Wildman–Crippen MR) is 118 cm³/mol. The molecule has 4 heteroatoms. The van der Waals surface area contributed by atoms with E-state index in [-0.39, 0.29) is 0 Å². The van der Waals surface area contributed by atoms with Crippen molar-refractivity contribution < 1.29 is 0 Å². The van der Waals surface area contributed by atoms with Crippen LogP contribution in [-0.2, 0) is 0 Å². The van der Waals surface area contributed by atoms with Crippen molar-refractivity contribution in [2.45, 2.75) is 0 Å². The Bertz CT molecular complexity index is 1600. The highest BCUT2D eigenvalue weighted by Gasteiger charge is 2.14. The van der Waals surface area contributed by atoms with Crippen molar-refractivity contribution in [3.8, 4) is 12.1 Å². The summed E-state index contributed by atoms with van der Waals surface area (Å²) in [4.78, 5) is 7.07. The maximum absolute atomic E-state index is 9.56. The molecule has 5 rings (SSSR count). The van der Waals surface area contributed by atoms with E-state index in [9.17, 15) is 10.5 Å². The Morgan fingerprint density at radius 2 is 1.00 bits per heavy atom. The molecule has 30 heavy (non-hydrogen) atoms. The van der Waals surface area contributed by atoms with Crippen LogP contribution in [0.4, 0.5) is 11.4 Å². The first-order valence-electron chi connectivity index (χ1n) is 9.15. The van der Waals surface area contributed by atoms with E-state index < -0.39 is 0 Å². The second-order valence-corrected chi connectivity index (χ2v) is 6.95. The van der Waals surface area contributed by atoms with Gasteiger partial charge in [-0.05, 0) is 43.8 Å². The minimum atomic E-state index is 0.362. The molecule has 0 saturated carbocycles. The van der Waals surface area contributed by atoms with Gasteiger partial charge in [0.05, 0.1) is 24.3 Å². The summed E-state index contributed by atoms with van der Waals surface area (Å²) >= 11 is 0. The monoisotopic (exact) mass is 378 g/mol. The number of fused-ring (bicyclic) bond motifs is 7. The van der Waals surface area contributed by atoms with Gasteiger partial charge in [0.25, 0.3) is 0 Å². The summed E-state index contributed by atoms with van der Waals surface area (Å²) in [6.45, 7) is 14.8. The molecule has 0 N–H and O–H groups in total. The topological polar surface area (TPSA) is 56.3 Å². The Morgan fingerprint density at radius 1 is 0.533 bits per heavy atom. The molecular weight excluding hydrogens is 368 g/mol. The maximum Gasteiger partial charge on any atom is 0.202 e. The highest BCUT2D eigenvalue weighted by Crippen LogP contribution is 2.41. The molecule has 5 aromatic carbocycles.